The van der Waals surface area contributed by atoms with Gasteiger partial charge in [0.25, 0.3) is 0 Å². The van der Waals surface area contributed by atoms with Gasteiger partial charge in [0.15, 0.2) is 0 Å². The number of aryl methyl sites for hydroxylation is 2. The molecule has 1 unspecified atom stereocenters. The summed E-state index contributed by atoms with van der Waals surface area (Å²) in [5, 5.41) is 3.76. The van der Waals surface area contributed by atoms with Crippen molar-refractivity contribution >= 4 is 11.4 Å². The molecule has 0 bridgehead atoms. The number of anilines is 2. The molecule has 1 N–H and O–H groups in total. The smallest absolute Gasteiger partial charge is 0.0453 e. The van der Waals surface area contributed by atoms with E-state index in [0.29, 0.717) is 6.04 Å². The Bertz CT molecular complexity index is 621. The van der Waals surface area contributed by atoms with Gasteiger partial charge in [0.2, 0.25) is 0 Å². The molecule has 3 rings (SSSR count). The molecule has 2 aromatic carbocycles. The Morgan fingerprint density at radius 3 is 2.41 bits per heavy atom. The molecule has 0 radical (unpaired) electrons. The monoisotopic (exact) mass is 294 g/mol. The Hall–Kier alpha value is -1.96. The van der Waals surface area contributed by atoms with Crippen LogP contribution in [0.25, 0.3) is 0 Å². The lowest BCUT2D eigenvalue weighted by Gasteiger charge is -2.22. The predicted molar refractivity (Wildman–Crippen MR) is 95.9 cm³/mol. The summed E-state index contributed by atoms with van der Waals surface area (Å²) in [6, 6.07) is 18.0. The molecule has 1 saturated heterocycles. The molecular weight excluding hydrogens is 268 g/mol. The highest BCUT2D eigenvalue weighted by Crippen LogP contribution is 2.27. The minimum absolute atomic E-state index is 0.539. The molecule has 2 heteroatoms. The fraction of sp³-hybridized carbons (Fsp3) is 0.400. The molecule has 0 aromatic heterocycles. The van der Waals surface area contributed by atoms with Gasteiger partial charge in [-0.1, -0.05) is 50.2 Å². The van der Waals surface area contributed by atoms with E-state index >= 15 is 0 Å². The zero-order valence-corrected chi connectivity index (χ0v) is 13.7. The summed E-state index contributed by atoms with van der Waals surface area (Å²) in [7, 11) is 0. The predicted octanol–water partition coefficient (Wildman–Crippen LogP) is 4.50. The van der Waals surface area contributed by atoms with E-state index < -0.39 is 0 Å². The van der Waals surface area contributed by atoms with Crippen LogP contribution < -0.4 is 10.2 Å². The van der Waals surface area contributed by atoms with Crippen LogP contribution in [0.5, 0.6) is 0 Å². The van der Waals surface area contributed by atoms with E-state index in [1.54, 1.807) is 0 Å². The maximum absolute atomic E-state index is 3.76. The van der Waals surface area contributed by atoms with Gasteiger partial charge >= 0.3 is 0 Å². The summed E-state index contributed by atoms with van der Waals surface area (Å²) in [6.07, 6.45) is 3.39. The van der Waals surface area contributed by atoms with E-state index in [1.807, 2.05) is 0 Å². The Morgan fingerprint density at radius 2 is 1.64 bits per heavy atom. The highest BCUT2D eigenvalue weighted by molar-refractivity contribution is 5.56. The third-order valence-electron chi connectivity index (χ3n) is 4.66. The largest absolute Gasteiger partial charge is 0.380 e. The highest BCUT2D eigenvalue weighted by atomic mass is 15.2. The molecule has 2 nitrogen and oxygen atoms in total. The number of para-hydroxylation sites is 2. The summed E-state index contributed by atoms with van der Waals surface area (Å²) in [4.78, 5) is 2.53. The van der Waals surface area contributed by atoms with Crippen molar-refractivity contribution in [1.82, 2.24) is 0 Å². The van der Waals surface area contributed by atoms with E-state index in [9.17, 15) is 0 Å². The summed E-state index contributed by atoms with van der Waals surface area (Å²) < 4.78 is 0. The zero-order valence-electron chi connectivity index (χ0n) is 13.7. The van der Waals surface area contributed by atoms with E-state index in [1.165, 1.54) is 28.9 Å². The summed E-state index contributed by atoms with van der Waals surface area (Å²) >= 11 is 0. The molecule has 2 aromatic rings. The first-order valence-electron chi connectivity index (χ1n) is 8.49. The molecule has 116 valence electrons. The van der Waals surface area contributed by atoms with Gasteiger partial charge in [-0.05, 0) is 42.5 Å². The average molecular weight is 294 g/mol. The van der Waals surface area contributed by atoms with Gasteiger partial charge in [-0.15, -0.1) is 0 Å². The van der Waals surface area contributed by atoms with Crippen LogP contribution in [0.1, 0.15) is 31.4 Å². The van der Waals surface area contributed by atoms with Gasteiger partial charge in [0, 0.05) is 30.5 Å². The lowest BCUT2D eigenvalue weighted by molar-refractivity contribution is 0.804. The Kier molecular flexibility index (Phi) is 4.67. The van der Waals surface area contributed by atoms with Crippen LogP contribution >= 0.6 is 0 Å². The maximum Gasteiger partial charge on any atom is 0.0453 e. The second-order valence-electron chi connectivity index (χ2n) is 6.07. The van der Waals surface area contributed by atoms with Crippen LogP contribution in [0.4, 0.5) is 11.4 Å². The standard InChI is InChI=1S/C20H26N2/c1-3-16-9-5-7-11-19(16)21-18-13-14-22(15-18)20-12-8-6-10-17(20)4-2/h5-12,18,21H,3-4,13-15H2,1-2H3. The quantitative estimate of drug-likeness (QED) is 0.873. The second kappa shape index (κ2) is 6.87. The van der Waals surface area contributed by atoms with Crippen molar-refractivity contribution in [1.29, 1.82) is 0 Å². The first kappa shape index (κ1) is 15.0. The van der Waals surface area contributed by atoms with Crippen molar-refractivity contribution in [3.8, 4) is 0 Å². The number of nitrogens with one attached hydrogen (secondary N) is 1. The van der Waals surface area contributed by atoms with Crippen molar-refractivity contribution in [2.24, 2.45) is 0 Å². The first-order chi connectivity index (χ1) is 10.8. The minimum Gasteiger partial charge on any atom is -0.380 e. The van der Waals surface area contributed by atoms with Crippen LogP contribution in [0.3, 0.4) is 0 Å². The molecule has 1 heterocycles. The van der Waals surface area contributed by atoms with Crippen LogP contribution in [-0.2, 0) is 12.8 Å². The number of benzene rings is 2. The van der Waals surface area contributed by atoms with Crippen LogP contribution in [0, 0.1) is 0 Å². The molecule has 1 aliphatic heterocycles. The second-order valence-corrected chi connectivity index (χ2v) is 6.07. The zero-order chi connectivity index (χ0) is 15.4. The summed E-state index contributed by atoms with van der Waals surface area (Å²) in [6.45, 7) is 6.69. The number of hydrogen-bond acceptors (Lipinski definition) is 2. The van der Waals surface area contributed by atoms with Crippen LogP contribution in [0.15, 0.2) is 48.5 Å². The number of rotatable bonds is 5. The average Bonchev–Trinajstić information content (AvgIpc) is 3.03. The van der Waals surface area contributed by atoms with E-state index in [2.05, 4.69) is 72.6 Å². The third kappa shape index (κ3) is 3.11. The van der Waals surface area contributed by atoms with Crippen molar-refractivity contribution < 1.29 is 0 Å². The summed E-state index contributed by atoms with van der Waals surface area (Å²) in [5.74, 6) is 0. The van der Waals surface area contributed by atoms with Gasteiger partial charge in [-0.25, -0.2) is 0 Å². The molecule has 22 heavy (non-hydrogen) atoms. The molecule has 0 amide bonds. The van der Waals surface area contributed by atoms with Crippen molar-refractivity contribution in [2.45, 2.75) is 39.2 Å². The third-order valence-corrected chi connectivity index (χ3v) is 4.66. The fourth-order valence-corrected chi connectivity index (χ4v) is 3.40. The Balaban J connectivity index is 1.70. The lowest BCUT2D eigenvalue weighted by Crippen LogP contribution is -2.27. The molecule has 1 fully saturated rings. The Labute approximate surface area is 134 Å². The number of hydrogen-bond donors (Lipinski definition) is 1. The molecule has 1 atom stereocenters. The van der Waals surface area contributed by atoms with Crippen molar-refractivity contribution in [3.63, 3.8) is 0 Å². The van der Waals surface area contributed by atoms with Gasteiger partial charge in [-0.3, -0.25) is 0 Å². The molecule has 1 aliphatic rings. The molecule has 0 saturated carbocycles. The van der Waals surface area contributed by atoms with Gasteiger partial charge in [0.05, 0.1) is 0 Å². The normalized spacial score (nSPS) is 17.7. The molecule has 0 spiro atoms. The molecular formula is C20H26N2. The van der Waals surface area contributed by atoms with E-state index in [4.69, 9.17) is 0 Å². The van der Waals surface area contributed by atoms with E-state index in [-0.39, 0.29) is 0 Å². The van der Waals surface area contributed by atoms with Crippen molar-refractivity contribution in [3.05, 3.63) is 59.7 Å². The van der Waals surface area contributed by atoms with Crippen LogP contribution in [-0.4, -0.2) is 19.1 Å². The highest BCUT2D eigenvalue weighted by Gasteiger charge is 2.24. The first-order valence-corrected chi connectivity index (χ1v) is 8.49. The summed E-state index contributed by atoms with van der Waals surface area (Å²) in [5.41, 5.74) is 5.59. The topological polar surface area (TPSA) is 15.3 Å². The maximum atomic E-state index is 3.76. The lowest BCUT2D eigenvalue weighted by atomic mass is 10.1. The molecule has 0 aliphatic carbocycles. The Morgan fingerprint density at radius 1 is 0.955 bits per heavy atom. The number of nitrogens with zero attached hydrogens (tertiary/aromatic N) is 1. The SMILES string of the molecule is CCc1ccccc1NC1CCN(c2ccccc2CC)C1. The van der Waals surface area contributed by atoms with Gasteiger partial charge in [-0.2, -0.15) is 0 Å². The van der Waals surface area contributed by atoms with Crippen LogP contribution in [0.2, 0.25) is 0 Å². The van der Waals surface area contributed by atoms with Gasteiger partial charge < -0.3 is 10.2 Å². The fourth-order valence-electron chi connectivity index (χ4n) is 3.40. The minimum atomic E-state index is 0.539. The van der Waals surface area contributed by atoms with Crippen molar-refractivity contribution in [2.75, 3.05) is 23.3 Å². The van der Waals surface area contributed by atoms with E-state index in [0.717, 1.165) is 25.9 Å². The van der Waals surface area contributed by atoms with Gasteiger partial charge in [0.1, 0.15) is 0 Å².